The van der Waals surface area contributed by atoms with Gasteiger partial charge < -0.3 is 5.32 Å². The minimum Gasteiger partial charge on any atom is -0.332 e. The summed E-state index contributed by atoms with van der Waals surface area (Å²) < 4.78 is 0. The molecule has 3 rings (SSSR count). The maximum Gasteiger partial charge on any atom is 0.257 e. The molecule has 0 spiro atoms. The van der Waals surface area contributed by atoms with E-state index < -0.39 is 0 Å². The number of nitrogens with one attached hydrogen (secondary N) is 2. The van der Waals surface area contributed by atoms with E-state index in [1.807, 2.05) is 60.7 Å². The van der Waals surface area contributed by atoms with E-state index in [1.165, 1.54) is 5.56 Å². The molecular weight excluding hydrogens is 328 g/mol. The van der Waals surface area contributed by atoms with Crippen LogP contribution >= 0.6 is 12.2 Å². The zero-order valence-electron chi connectivity index (χ0n) is 14.2. The van der Waals surface area contributed by atoms with Gasteiger partial charge in [-0.3, -0.25) is 10.1 Å². The number of anilines is 1. The maximum atomic E-state index is 12.3. The topological polar surface area (TPSA) is 41.1 Å². The van der Waals surface area contributed by atoms with Crippen LogP contribution in [0.15, 0.2) is 66.7 Å². The Morgan fingerprint density at radius 3 is 2.28 bits per heavy atom. The van der Waals surface area contributed by atoms with Crippen LogP contribution in [0.3, 0.4) is 0 Å². The largest absolute Gasteiger partial charge is 0.332 e. The van der Waals surface area contributed by atoms with Crippen LogP contribution < -0.4 is 10.6 Å². The van der Waals surface area contributed by atoms with Gasteiger partial charge in [0.25, 0.3) is 5.91 Å². The minimum atomic E-state index is -0.214. The molecule has 3 nitrogen and oxygen atoms in total. The molecule has 0 radical (unpaired) electrons. The number of fused-ring (bicyclic) bond motifs is 1. The summed E-state index contributed by atoms with van der Waals surface area (Å²) in [5, 5.41) is 8.35. The Kier molecular flexibility index (Phi) is 5.10. The first-order valence-corrected chi connectivity index (χ1v) is 8.65. The molecule has 25 heavy (non-hydrogen) atoms. The van der Waals surface area contributed by atoms with Crippen molar-refractivity contribution in [2.75, 3.05) is 5.32 Å². The molecule has 0 aliphatic carbocycles. The third kappa shape index (κ3) is 4.22. The van der Waals surface area contributed by atoms with Gasteiger partial charge in [-0.25, -0.2) is 0 Å². The molecule has 0 fully saturated rings. The van der Waals surface area contributed by atoms with Gasteiger partial charge in [0.1, 0.15) is 0 Å². The number of benzene rings is 3. The molecule has 0 saturated carbocycles. The van der Waals surface area contributed by atoms with Gasteiger partial charge in [-0.2, -0.15) is 0 Å². The second-order valence-electron chi connectivity index (χ2n) is 6.25. The predicted octanol–water partition coefficient (Wildman–Crippen LogP) is 5.09. The lowest BCUT2D eigenvalue weighted by atomic mass is 10.0. The Hall–Kier alpha value is -2.72. The molecule has 3 aromatic rings. The molecule has 0 unspecified atom stereocenters. The van der Waals surface area contributed by atoms with Crippen molar-refractivity contribution >= 4 is 39.7 Å². The van der Waals surface area contributed by atoms with Crippen molar-refractivity contribution in [1.29, 1.82) is 0 Å². The number of hydrogen-bond donors (Lipinski definition) is 2. The summed E-state index contributed by atoms with van der Waals surface area (Å²) in [5.74, 6) is 0.223. The number of amides is 1. The quantitative estimate of drug-likeness (QED) is 0.648. The Morgan fingerprint density at radius 2 is 1.60 bits per heavy atom. The zero-order chi connectivity index (χ0) is 17.8. The van der Waals surface area contributed by atoms with Gasteiger partial charge in [-0.15, -0.1) is 0 Å². The van der Waals surface area contributed by atoms with E-state index in [0.717, 1.165) is 16.5 Å². The number of carbonyl (C=O) groups is 1. The summed E-state index contributed by atoms with van der Waals surface area (Å²) in [6.07, 6.45) is 0. The lowest BCUT2D eigenvalue weighted by Gasteiger charge is -2.11. The molecule has 0 saturated heterocycles. The van der Waals surface area contributed by atoms with Crippen LogP contribution in [0.25, 0.3) is 10.8 Å². The monoisotopic (exact) mass is 348 g/mol. The molecule has 126 valence electrons. The van der Waals surface area contributed by atoms with Gasteiger partial charge in [-0.05, 0) is 58.7 Å². The van der Waals surface area contributed by atoms with Crippen molar-refractivity contribution in [2.45, 2.75) is 19.8 Å². The average molecular weight is 348 g/mol. The van der Waals surface area contributed by atoms with Crippen LogP contribution in [0.5, 0.6) is 0 Å². The predicted molar refractivity (Wildman–Crippen MR) is 108 cm³/mol. The minimum absolute atomic E-state index is 0.214. The van der Waals surface area contributed by atoms with Crippen molar-refractivity contribution in [3.63, 3.8) is 0 Å². The highest BCUT2D eigenvalue weighted by Gasteiger charge is 2.09. The van der Waals surface area contributed by atoms with Gasteiger partial charge >= 0.3 is 0 Å². The Bertz CT molecular complexity index is 917. The summed E-state index contributed by atoms with van der Waals surface area (Å²) in [4.78, 5) is 12.3. The van der Waals surface area contributed by atoms with Crippen molar-refractivity contribution in [3.8, 4) is 0 Å². The van der Waals surface area contributed by atoms with Crippen molar-refractivity contribution in [1.82, 2.24) is 5.32 Å². The third-order valence-electron chi connectivity index (χ3n) is 4.07. The van der Waals surface area contributed by atoms with Gasteiger partial charge in [-0.1, -0.05) is 56.3 Å². The summed E-state index contributed by atoms with van der Waals surface area (Å²) in [6, 6.07) is 21.7. The summed E-state index contributed by atoms with van der Waals surface area (Å²) in [7, 11) is 0. The van der Waals surface area contributed by atoms with E-state index in [1.54, 1.807) is 0 Å². The van der Waals surface area contributed by atoms with Crippen LogP contribution in [-0.2, 0) is 0 Å². The van der Waals surface area contributed by atoms with Crippen LogP contribution in [0.2, 0.25) is 0 Å². The summed E-state index contributed by atoms with van der Waals surface area (Å²) in [6.45, 7) is 4.25. The molecule has 0 aliphatic rings. The van der Waals surface area contributed by atoms with Crippen LogP contribution in [0.4, 0.5) is 5.69 Å². The highest BCUT2D eigenvalue weighted by molar-refractivity contribution is 7.80. The number of thiocarbonyl (C=S) groups is 1. The van der Waals surface area contributed by atoms with E-state index in [0.29, 0.717) is 11.5 Å². The van der Waals surface area contributed by atoms with E-state index in [-0.39, 0.29) is 11.0 Å². The first-order chi connectivity index (χ1) is 12.0. The first kappa shape index (κ1) is 17.1. The summed E-state index contributed by atoms with van der Waals surface area (Å²) >= 11 is 5.26. The lowest BCUT2D eigenvalue weighted by molar-refractivity contribution is 0.0977. The van der Waals surface area contributed by atoms with Gasteiger partial charge in [0, 0.05) is 11.3 Å². The Balaban J connectivity index is 1.65. The first-order valence-electron chi connectivity index (χ1n) is 8.24. The van der Waals surface area contributed by atoms with Crippen molar-refractivity contribution in [3.05, 3.63) is 77.9 Å². The highest BCUT2D eigenvalue weighted by Crippen LogP contribution is 2.19. The number of rotatable bonds is 3. The molecule has 0 bridgehead atoms. The molecule has 0 heterocycles. The smallest absolute Gasteiger partial charge is 0.257 e. The molecule has 0 aromatic heterocycles. The van der Waals surface area contributed by atoms with Gasteiger partial charge in [0.2, 0.25) is 0 Å². The third-order valence-corrected chi connectivity index (χ3v) is 4.28. The highest BCUT2D eigenvalue weighted by atomic mass is 32.1. The number of carbonyl (C=O) groups excluding carboxylic acids is 1. The summed E-state index contributed by atoms with van der Waals surface area (Å²) in [5.41, 5.74) is 2.64. The molecule has 0 atom stereocenters. The average Bonchev–Trinajstić information content (AvgIpc) is 2.61. The fourth-order valence-electron chi connectivity index (χ4n) is 2.62. The standard InChI is InChI=1S/C21H20N2OS/c1-14(2)15-7-9-17(10-8-15)20(24)23-21(25)22-19-12-11-16-5-3-4-6-18(16)13-19/h3-14H,1-2H3,(H2,22,23,24,25). The van der Waals surface area contributed by atoms with Crippen LogP contribution in [0.1, 0.15) is 35.7 Å². The van der Waals surface area contributed by atoms with Gasteiger partial charge in [0.15, 0.2) is 5.11 Å². The Morgan fingerprint density at radius 1 is 0.920 bits per heavy atom. The SMILES string of the molecule is CC(C)c1ccc(C(=O)NC(=S)Nc2ccc3ccccc3c2)cc1. The second-order valence-corrected chi connectivity index (χ2v) is 6.66. The van der Waals surface area contributed by atoms with E-state index in [2.05, 4.69) is 30.5 Å². The van der Waals surface area contributed by atoms with E-state index in [9.17, 15) is 4.79 Å². The van der Waals surface area contributed by atoms with Crippen molar-refractivity contribution < 1.29 is 4.79 Å². The van der Waals surface area contributed by atoms with Gasteiger partial charge in [0.05, 0.1) is 0 Å². The maximum absolute atomic E-state index is 12.3. The Labute approximate surface area is 153 Å². The molecular formula is C21H20N2OS. The van der Waals surface area contributed by atoms with Crippen molar-refractivity contribution in [2.24, 2.45) is 0 Å². The van der Waals surface area contributed by atoms with Crippen LogP contribution in [0, 0.1) is 0 Å². The number of hydrogen-bond acceptors (Lipinski definition) is 2. The molecule has 0 aliphatic heterocycles. The van der Waals surface area contributed by atoms with Crippen LogP contribution in [-0.4, -0.2) is 11.0 Å². The second kappa shape index (κ2) is 7.45. The normalized spacial score (nSPS) is 10.7. The molecule has 2 N–H and O–H groups in total. The molecule has 4 heteroatoms. The fraction of sp³-hybridized carbons (Fsp3) is 0.143. The lowest BCUT2D eigenvalue weighted by Crippen LogP contribution is -2.34. The molecule has 3 aromatic carbocycles. The van der Waals surface area contributed by atoms with E-state index >= 15 is 0 Å². The fourth-order valence-corrected chi connectivity index (χ4v) is 2.83. The van der Waals surface area contributed by atoms with E-state index in [4.69, 9.17) is 12.2 Å². The zero-order valence-corrected chi connectivity index (χ0v) is 15.1. The molecule has 1 amide bonds.